The molecule has 0 aliphatic carbocycles. The van der Waals surface area contributed by atoms with Crippen LogP contribution in [0.5, 0.6) is 0 Å². The predicted molar refractivity (Wildman–Crippen MR) is 123 cm³/mol. The molecule has 40 heavy (non-hydrogen) atoms. The first-order valence-electron chi connectivity index (χ1n) is 12.1. The fraction of sp³-hybridized carbons (Fsp3) is 0.857. The molecule has 0 aromatic carbocycles. The second kappa shape index (κ2) is 13.6. The largest absolute Gasteiger partial charge is 0.475 e. The molecule has 0 saturated carbocycles. The van der Waals surface area contributed by atoms with Gasteiger partial charge in [-0.2, -0.15) is 8.42 Å². The Balaban J connectivity index is 1.67. The third-order valence-electron chi connectivity index (χ3n) is 6.84. The molecule has 0 aromatic heterocycles. The van der Waals surface area contributed by atoms with Crippen molar-refractivity contribution in [3.63, 3.8) is 0 Å². The molecule has 18 nitrogen and oxygen atoms in total. The molecule has 0 spiro atoms. The molecule has 13 atom stereocenters. The summed E-state index contributed by atoms with van der Waals surface area (Å²) in [6.07, 6.45) is -16.1. The number of aliphatic carboxylic acids is 1. The summed E-state index contributed by atoms with van der Waals surface area (Å²) in [5.74, 6) is -4.40. The number of hydrogen-bond acceptors (Lipinski definition) is 16. The minimum Gasteiger partial charge on any atom is -0.475 e. The van der Waals surface area contributed by atoms with E-state index >= 15 is 0 Å². The SMILES string of the molecule is CC1O[C@@H](COCC2[C@@H](O)C(CO)OC(O)[C@H]2CO[C@@H]2OC(C(=O)O)=CC(O)[C@@H]2O)[C@@H](O)C(OS(=O)(=O)O)[C@H]1O. The number of carboxylic acids is 1. The molecule has 9 N–H and O–H groups in total. The minimum absolute atomic E-state index is 0.392. The lowest BCUT2D eigenvalue weighted by atomic mass is 9.83. The number of carboxylic acid groups (broad SMARTS) is 1. The second-order valence-corrected chi connectivity index (χ2v) is 10.6. The molecule has 3 aliphatic heterocycles. The smallest absolute Gasteiger partial charge is 0.397 e. The molecule has 232 valence electrons. The van der Waals surface area contributed by atoms with Crippen LogP contribution in [0.2, 0.25) is 0 Å². The van der Waals surface area contributed by atoms with Gasteiger partial charge in [0.2, 0.25) is 12.0 Å². The predicted octanol–water partition coefficient (Wildman–Crippen LogP) is -4.93. The van der Waals surface area contributed by atoms with Gasteiger partial charge in [-0.05, 0) is 13.0 Å². The summed E-state index contributed by atoms with van der Waals surface area (Å²) in [5.41, 5.74) is 0. The van der Waals surface area contributed by atoms with Crippen molar-refractivity contribution in [2.45, 2.75) is 74.4 Å². The lowest BCUT2D eigenvalue weighted by Crippen LogP contribution is -2.59. The van der Waals surface area contributed by atoms with Gasteiger partial charge in [0.25, 0.3) is 0 Å². The Morgan fingerprint density at radius 1 is 0.925 bits per heavy atom. The van der Waals surface area contributed by atoms with Crippen molar-refractivity contribution < 1.29 is 86.5 Å². The number of aliphatic hydroxyl groups is 7. The monoisotopic (exact) mass is 606 g/mol. The highest BCUT2D eigenvalue weighted by Crippen LogP contribution is 2.33. The number of rotatable bonds is 11. The maximum absolute atomic E-state index is 11.2. The van der Waals surface area contributed by atoms with Gasteiger partial charge < -0.3 is 64.5 Å². The van der Waals surface area contributed by atoms with Crippen molar-refractivity contribution in [2.75, 3.05) is 26.4 Å². The van der Waals surface area contributed by atoms with E-state index in [0.717, 1.165) is 6.08 Å². The minimum atomic E-state index is -5.04. The maximum atomic E-state index is 11.2. The van der Waals surface area contributed by atoms with E-state index in [1.54, 1.807) is 0 Å². The van der Waals surface area contributed by atoms with E-state index in [-0.39, 0.29) is 0 Å². The van der Waals surface area contributed by atoms with E-state index in [4.69, 9.17) is 33.3 Å². The molecule has 3 rings (SSSR count). The first-order chi connectivity index (χ1) is 18.6. The molecular weight excluding hydrogens is 572 g/mol. The Hall–Kier alpha value is -1.56. The molecule has 3 aliphatic rings. The summed E-state index contributed by atoms with van der Waals surface area (Å²) in [6.45, 7) is -0.714. The summed E-state index contributed by atoms with van der Waals surface area (Å²) in [7, 11) is -5.04. The standard InChI is InChI=1S/C21H34O18S/c1-7-14(24)18(39-40(31,32)33)17(27)13(36-7)6-34-4-8-9(20(30)37-12(3-22)15(8)25)5-35-21-16(26)10(23)2-11(38-21)19(28)29/h2,7-10,12-18,20-27,30H,3-6H2,1H3,(H,28,29)(H,31,32,33)/t7?,8?,9-,10?,12?,13-,14-,15+,16-,17+,18?,20?,21+/m0/s1. The molecule has 19 heteroatoms. The lowest BCUT2D eigenvalue weighted by molar-refractivity contribution is -0.286. The molecule has 0 amide bonds. The normalized spacial score (nSPS) is 42.6. The Morgan fingerprint density at radius 2 is 1.60 bits per heavy atom. The topological polar surface area (TPSA) is 289 Å². The van der Waals surface area contributed by atoms with Gasteiger partial charge in [-0.15, -0.1) is 0 Å². The third-order valence-corrected chi connectivity index (χ3v) is 7.30. The van der Waals surface area contributed by atoms with Crippen molar-refractivity contribution in [3.8, 4) is 0 Å². The molecule has 3 heterocycles. The Morgan fingerprint density at radius 3 is 2.20 bits per heavy atom. The summed E-state index contributed by atoms with van der Waals surface area (Å²) in [5, 5.41) is 80.4. The van der Waals surface area contributed by atoms with Crippen LogP contribution in [-0.2, 0) is 43.1 Å². The average Bonchev–Trinajstić information content (AvgIpc) is 2.87. The van der Waals surface area contributed by atoms with Gasteiger partial charge >= 0.3 is 16.4 Å². The van der Waals surface area contributed by atoms with E-state index in [2.05, 4.69) is 4.18 Å². The molecule has 0 bridgehead atoms. The van der Waals surface area contributed by atoms with Crippen LogP contribution in [-0.4, -0.2) is 154 Å². The third kappa shape index (κ3) is 7.83. The number of hydrogen-bond donors (Lipinski definition) is 9. The van der Waals surface area contributed by atoms with Crippen molar-refractivity contribution >= 4 is 16.4 Å². The van der Waals surface area contributed by atoms with Crippen LogP contribution >= 0.6 is 0 Å². The number of carbonyl (C=O) groups is 1. The van der Waals surface area contributed by atoms with E-state index < -0.39 is 128 Å². The second-order valence-electron chi connectivity index (χ2n) is 9.59. The summed E-state index contributed by atoms with van der Waals surface area (Å²) in [6, 6.07) is 0. The van der Waals surface area contributed by atoms with Gasteiger partial charge in [0.15, 0.2) is 6.29 Å². The van der Waals surface area contributed by atoms with Gasteiger partial charge in [-0.1, -0.05) is 0 Å². The first-order valence-corrected chi connectivity index (χ1v) is 13.5. The van der Waals surface area contributed by atoms with Crippen LogP contribution in [0.4, 0.5) is 0 Å². The lowest BCUT2D eigenvalue weighted by Gasteiger charge is -2.44. The molecule has 2 fully saturated rings. The van der Waals surface area contributed by atoms with Crippen molar-refractivity contribution in [1.82, 2.24) is 0 Å². The van der Waals surface area contributed by atoms with E-state index in [1.807, 2.05) is 0 Å². The van der Waals surface area contributed by atoms with Crippen LogP contribution in [0.15, 0.2) is 11.8 Å². The highest BCUT2D eigenvalue weighted by Gasteiger charge is 2.48. The number of aliphatic hydroxyl groups excluding tert-OH is 7. The molecule has 0 aromatic rings. The Bertz CT molecular complexity index is 990. The van der Waals surface area contributed by atoms with Gasteiger partial charge in [0.05, 0.1) is 38.6 Å². The molecule has 2 saturated heterocycles. The van der Waals surface area contributed by atoms with Crippen LogP contribution in [0.1, 0.15) is 6.92 Å². The summed E-state index contributed by atoms with van der Waals surface area (Å²) < 4.78 is 62.2. The van der Waals surface area contributed by atoms with Crippen LogP contribution < -0.4 is 0 Å². The maximum Gasteiger partial charge on any atom is 0.397 e. The Labute approximate surface area is 227 Å². The molecular formula is C21H34O18S. The zero-order chi connectivity index (χ0) is 29.9. The Kier molecular flexibility index (Phi) is 11.2. The van der Waals surface area contributed by atoms with Crippen LogP contribution in [0, 0.1) is 11.8 Å². The quantitative estimate of drug-likeness (QED) is 0.0995. The average molecular weight is 607 g/mol. The van der Waals surface area contributed by atoms with E-state index in [1.165, 1.54) is 6.92 Å². The van der Waals surface area contributed by atoms with E-state index in [9.17, 15) is 49.0 Å². The fourth-order valence-corrected chi connectivity index (χ4v) is 5.13. The van der Waals surface area contributed by atoms with Gasteiger partial charge in [0.1, 0.15) is 42.7 Å². The first kappa shape index (κ1) is 32.9. The summed E-state index contributed by atoms with van der Waals surface area (Å²) >= 11 is 0. The zero-order valence-corrected chi connectivity index (χ0v) is 21.8. The summed E-state index contributed by atoms with van der Waals surface area (Å²) in [4.78, 5) is 11.2. The van der Waals surface area contributed by atoms with Crippen LogP contribution in [0.3, 0.4) is 0 Å². The fourth-order valence-electron chi connectivity index (χ4n) is 4.62. The molecule has 6 unspecified atom stereocenters. The van der Waals surface area contributed by atoms with Crippen molar-refractivity contribution in [2.24, 2.45) is 11.8 Å². The number of ether oxygens (including phenoxy) is 5. The highest BCUT2D eigenvalue weighted by molar-refractivity contribution is 7.80. The van der Waals surface area contributed by atoms with E-state index in [0.29, 0.717) is 0 Å². The van der Waals surface area contributed by atoms with Crippen LogP contribution in [0.25, 0.3) is 0 Å². The van der Waals surface area contributed by atoms with Gasteiger partial charge in [0, 0.05) is 11.8 Å². The zero-order valence-electron chi connectivity index (χ0n) is 21.0. The van der Waals surface area contributed by atoms with Crippen molar-refractivity contribution in [1.29, 1.82) is 0 Å². The molecule has 0 radical (unpaired) electrons. The van der Waals surface area contributed by atoms with Gasteiger partial charge in [-0.3, -0.25) is 4.55 Å². The highest BCUT2D eigenvalue weighted by atomic mass is 32.3. The van der Waals surface area contributed by atoms with Gasteiger partial charge in [-0.25, -0.2) is 8.98 Å². The van der Waals surface area contributed by atoms with Crippen molar-refractivity contribution in [3.05, 3.63) is 11.8 Å².